The highest BCUT2D eigenvalue weighted by Crippen LogP contribution is 2.28. The Kier molecular flexibility index (Phi) is 3.82. The van der Waals surface area contributed by atoms with Crippen LogP contribution in [-0.2, 0) is 9.59 Å². The number of carbonyl (C=O) groups is 2. The lowest BCUT2D eigenvalue weighted by Gasteiger charge is -2.20. The Balaban J connectivity index is 1.74. The minimum Gasteiger partial charge on any atom is -0.391 e. The topological polar surface area (TPSA) is 60.9 Å². The van der Waals surface area contributed by atoms with Gasteiger partial charge in [0.2, 0.25) is 11.8 Å². The Labute approximate surface area is 126 Å². The molecule has 2 amide bonds. The number of nitrogens with zero attached hydrogens (tertiary/aromatic N) is 2. The van der Waals surface area contributed by atoms with Gasteiger partial charge >= 0.3 is 0 Å². The molecule has 1 unspecified atom stereocenters. The van der Waals surface area contributed by atoms with Crippen molar-refractivity contribution in [3.8, 4) is 0 Å². The maximum absolute atomic E-state index is 13.3. The molecule has 0 spiro atoms. The highest BCUT2D eigenvalue weighted by Gasteiger charge is 2.41. The molecule has 0 radical (unpaired) electrons. The number of anilines is 1. The van der Waals surface area contributed by atoms with Gasteiger partial charge in [-0.25, -0.2) is 8.78 Å². The van der Waals surface area contributed by atoms with Gasteiger partial charge in [0, 0.05) is 31.4 Å². The van der Waals surface area contributed by atoms with Crippen molar-refractivity contribution in [3.05, 3.63) is 29.8 Å². The van der Waals surface area contributed by atoms with Gasteiger partial charge in [0.25, 0.3) is 0 Å². The number of aliphatic hydroxyl groups is 1. The van der Waals surface area contributed by atoms with Crippen LogP contribution in [0.15, 0.2) is 18.2 Å². The summed E-state index contributed by atoms with van der Waals surface area (Å²) in [5, 5.41) is 9.48. The second-order valence-corrected chi connectivity index (χ2v) is 5.66. The Hall–Kier alpha value is -2.02. The number of amides is 2. The maximum Gasteiger partial charge on any atom is 0.239 e. The van der Waals surface area contributed by atoms with E-state index in [-0.39, 0.29) is 24.7 Å². The standard InChI is InChI=1S/C15H16F2N2O3/c16-12-2-1-9(7-13(12)17)19-6-4-11(15(19)22)14(21)18-5-3-10(20)8-18/h1-2,7,10-11,20H,3-6,8H2/t10-,11?/m0/s1. The number of likely N-dealkylation sites (tertiary alicyclic amines) is 1. The molecule has 7 heteroatoms. The van der Waals surface area contributed by atoms with Gasteiger partial charge in [-0.05, 0) is 25.0 Å². The molecular formula is C15H16F2N2O3. The predicted octanol–water partition coefficient (Wildman–Crippen LogP) is 0.911. The van der Waals surface area contributed by atoms with Crippen molar-refractivity contribution in [3.63, 3.8) is 0 Å². The van der Waals surface area contributed by atoms with Crippen LogP contribution in [0, 0.1) is 17.6 Å². The monoisotopic (exact) mass is 310 g/mol. The predicted molar refractivity (Wildman–Crippen MR) is 74.0 cm³/mol. The largest absolute Gasteiger partial charge is 0.391 e. The number of β-amino-alcohol motifs (C(OH)–C–C–N with tert-alkyl or cyclic N) is 1. The molecule has 2 atom stereocenters. The van der Waals surface area contributed by atoms with Crippen LogP contribution < -0.4 is 4.90 Å². The van der Waals surface area contributed by atoms with Crippen LogP contribution in [0.1, 0.15) is 12.8 Å². The number of hydrogen-bond acceptors (Lipinski definition) is 3. The van der Waals surface area contributed by atoms with Crippen molar-refractivity contribution in [1.82, 2.24) is 4.90 Å². The normalized spacial score (nSPS) is 25.1. The summed E-state index contributed by atoms with van der Waals surface area (Å²) in [7, 11) is 0. The molecule has 0 aromatic heterocycles. The molecule has 2 heterocycles. The van der Waals surface area contributed by atoms with Crippen LogP contribution in [0.25, 0.3) is 0 Å². The maximum atomic E-state index is 13.3. The zero-order chi connectivity index (χ0) is 15.9. The minimum atomic E-state index is -1.03. The molecule has 3 rings (SSSR count). The first-order valence-electron chi connectivity index (χ1n) is 7.20. The summed E-state index contributed by atoms with van der Waals surface area (Å²) in [6, 6.07) is 3.24. The fraction of sp³-hybridized carbons (Fsp3) is 0.467. The SMILES string of the molecule is O=C(C1CCN(c2ccc(F)c(F)c2)C1=O)N1CC[C@H](O)C1. The van der Waals surface area contributed by atoms with Crippen molar-refractivity contribution in [1.29, 1.82) is 0 Å². The molecule has 2 aliphatic rings. The van der Waals surface area contributed by atoms with Crippen LogP contribution in [0.3, 0.4) is 0 Å². The van der Waals surface area contributed by atoms with Crippen molar-refractivity contribution in [2.24, 2.45) is 5.92 Å². The lowest BCUT2D eigenvalue weighted by Crippen LogP contribution is -2.39. The van der Waals surface area contributed by atoms with E-state index in [2.05, 4.69) is 0 Å². The van der Waals surface area contributed by atoms with Gasteiger partial charge in [0.05, 0.1) is 6.10 Å². The third kappa shape index (κ3) is 2.56. The fourth-order valence-corrected chi connectivity index (χ4v) is 2.98. The number of rotatable bonds is 2. The van der Waals surface area contributed by atoms with Crippen molar-refractivity contribution < 1.29 is 23.5 Å². The highest BCUT2D eigenvalue weighted by atomic mass is 19.2. The third-order valence-corrected chi connectivity index (χ3v) is 4.19. The first-order chi connectivity index (χ1) is 10.5. The summed E-state index contributed by atoms with van der Waals surface area (Å²) in [5.74, 6) is -3.51. The molecule has 2 aliphatic heterocycles. The lowest BCUT2D eigenvalue weighted by molar-refractivity contribution is -0.139. The van der Waals surface area contributed by atoms with Gasteiger partial charge in [-0.15, -0.1) is 0 Å². The average Bonchev–Trinajstić information content (AvgIpc) is 3.08. The van der Waals surface area contributed by atoms with E-state index in [9.17, 15) is 23.5 Å². The van der Waals surface area contributed by atoms with Gasteiger partial charge in [0.15, 0.2) is 11.6 Å². The highest BCUT2D eigenvalue weighted by molar-refractivity contribution is 6.09. The Morgan fingerprint density at radius 3 is 2.59 bits per heavy atom. The quantitative estimate of drug-likeness (QED) is 0.826. The molecule has 2 saturated heterocycles. The smallest absolute Gasteiger partial charge is 0.239 e. The third-order valence-electron chi connectivity index (χ3n) is 4.19. The molecule has 0 aliphatic carbocycles. The van der Waals surface area contributed by atoms with E-state index in [1.54, 1.807) is 0 Å². The van der Waals surface area contributed by atoms with Gasteiger partial charge < -0.3 is 14.9 Å². The molecule has 22 heavy (non-hydrogen) atoms. The van der Waals surface area contributed by atoms with Crippen LogP contribution in [-0.4, -0.2) is 47.6 Å². The first kappa shape index (κ1) is 14.9. The number of halogens is 2. The molecule has 1 aromatic rings. The van der Waals surface area contributed by atoms with Gasteiger partial charge in [-0.1, -0.05) is 0 Å². The molecule has 0 saturated carbocycles. The van der Waals surface area contributed by atoms with E-state index in [1.807, 2.05) is 0 Å². The zero-order valence-electron chi connectivity index (χ0n) is 11.8. The Bertz CT molecular complexity index is 623. The summed E-state index contributed by atoms with van der Waals surface area (Å²) in [5.41, 5.74) is 0.251. The van der Waals surface area contributed by atoms with E-state index < -0.39 is 29.6 Å². The zero-order valence-corrected chi connectivity index (χ0v) is 11.8. The molecule has 5 nitrogen and oxygen atoms in total. The summed E-state index contributed by atoms with van der Waals surface area (Å²) < 4.78 is 26.3. The molecule has 1 N–H and O–H groups in total. The van der Waals surface area contributed by atoms with E-state index in [4.69, 9.17) is 0 Å². The van der Waals surface area contributed by atoms with Crippen LogP contribution in [0.2, 0.25) is 0 Å². The van der Waals surface area contributed by atoms with Gasteiger partial charge in [-0.3, -0.25) is 9.59 Å². The van der Waals surface area contributed by atoms with Crippen LogP contribution in [0.4, 0.5) is 14.5 Å². The Morgan fingerprint density at radius 2 is 1.95 bits per heavy atom. The molecular weight excluding hydrogens is 294 g/mol. The molecule has 1 aromatic carbocycles. The first-order valence-corrected chi connectivity index (χ1v) is 7.20. The van der Waals surface area contributed by atoms with E-state index in [0.29, 0.717) is 19.4 Å². The molecule has 2 fully saturated rings. The van der Waals surface area contributed by atoms with E-state index in [1.165, 1.54) is 15.9 Å². The number of aliphatic hydroxyl groups excluding tert-OH is 1. The second-order valence-electron chi connectivity index (χ2n) is 5.66. The number of carbonyl (C=O) groups excluding carboxylic acids is 2. The van der Waals surface area contributed by atoms with Crippen molar-refractivity contribution in [2.75, 3.05) is 24.5 Å². The van der Waals surface area contributed by atoms with Crippen molar-refractivity contribution >= 4 is 17.5 Å². The summed E-state index contributed by atoms with van der Waals surface area (Å²) in [6.45, 7) is 0.972. The van der Waals surface area contributed by atoms with Crippen molar-refractivity contribution in [2.45, 2.75) is 18.9 Å². The summed E-state index contributed by atoms with van der Waals surface area (Å²) >= 11 is 0. The summed E-state index contributed by atoms with van der Waals surface area (Å²) in [4.78, 5) is 27.5. The lowest BCUT2D eigenvalue weighted by atomic mass is 10.1. The summed E-state index contributed by atoms with van der Waals surface area (Å²) in [6.07, 6.45) is 0.311. The fourth-order valence-electron chi connectivity index (χ4n) is 2.98. The minimum absolute atomic E-state index is 0.244. The Morgan fingerprint density at radius 1 is 1.18 bits per heavy atom. The number of hydrogen-bond donors (Lipinski definition) is 1. The van der Waals surface area contributed by atoms with Gasteiger partial charge in [-0.2, -0.15) is 0 Å². The molecule has 118 valence electrons. The average molecular weight is 310 g/mol. The van der Waals surface area contributed by atoms with E-state index in [0.717, 1.165) is 12.1 Å². The van der Waals surface area contributed by atoms with E-state index >= 15 is 0 Å². The van der Waals surface area contributed by atoms with Crippen LogP contribution in [0.5, 0.6) is 0 Å². The second kappa shape index (κ2) is 5.64. The van der Waals surface area contributed by atoms with Gasteiger partial charge in [0.1, 0.15) is 5.92 Å². The number of benzene rings is 1. The molecule has 0 bridgehead atoms. The van der Waals surface area contributed by atoms with Crippen LogP contribution >= 0.6 is 0 Å².